The lowest BCUT2D eigenvalue weighted by Gasteiger charge is -2.24. The van der Waals surface area contributed by atoms with Crippen molar-refractivity contribution in [3.05, 3.63) is 76.0 Å². The lowest BCUT2D eigenvalue weighted by atomic mass is 9.84. The number of aromatic nitrogens is 3. The van der Waals surface area contributed by atoms with Gasteiger partial charge in [0.25, 0.3) is 5.91 Å². The Hall–Kier alpha value is -3.12. The van der Waals surface area contributed by atoms with Gasteiger partial charge in [0.1, 0.15) is 5.01 Å². The van der Waals surface area contributed by atoms with E-state index in [1.807, 2.05) is 41.8 Å². The fraction of sp³-hybridized carbons (Fsp3) is 0.250. The summed E-state index contributed by atoms with van der Waals surface area (Å²) in [5.74, 6) is 0.522. The standard InChI is InChI=1S/C24H22N4OS/c1-15-6-7-20-18(12-15)23(17-4-2-3-5-19(17)27-20)24(29)26-13-22-28-21(14-30-22)16-8-10-25-11-9-16/h2-5,8-11,14-15H,6-7,12-13H2,1H3,(H,26,29). The van der Waals surface area contributed by atoms with Gasteiger partial charge in [-0.2, -0.15) is 0 Å². The molecule has 0 spiro atoms. The molecule has 3 aromatic heterocycles. The number of nitrogens with one attached hydrogen (secondary N) is 1. The molecule has 1 unspecified atom stereocenters. The number of thiazole rings is 1. The van der Waals surface area contributed by atoms with Crippen LogP contribution in [0.2, 0.25) is 0 Å². The van der Waals surface area contributed by atoms with Crippen LogP contribution in [-0.2, 0) is 19.4 Å². The van der Waals surface area contributed by atoms with Gasteiger partial charge in [-0.25, -0.2) is 4.98 Å². The van der Waals surface area contributed by atoms with Crippen LogP contribution in [0.15, 0.2) is 54.2 Å². The van der Waals surface area contributed by atoms with Gasteiger partial charge in [-0.3, -0.25) is 14.8 Å². The van der Waals surface area contributed by atoms with Crippen LogP contribution >= 0.6 is 11.3 Å². The quantitative estimate of drug-likeness (QED) is 0.520. The molecule has 1 aromatic carbocycles. The lowest BCUT2D eigenvalue weighted by molar-refractivity contribution is 0.0951. The SMILES string of the molecule is CC1CCc2nc3ccccc3c(C(=O)NCc3nc(-c4ccncc4)cs3)c2C1. The van der Waals surface area contributed by atoms with Crippen LogP contribution in [-0.4, -0.2) is 20.9 Å². The summed E-state index contributed by atoms with van der Waals surface area (Å²) < 4.78 is 0. The first-order chi connectivity index (χ1) is 14.7. The van der Waals surface area contributed by atoms with E-state index in [0.717, 1.165) is 63.3 Å². The topological polar surface area (TPSA) is 67.8 Å². The summed E-state index contributed by atoms with van der Waals surface area (Å²) in [6, 6.07) is 11.8. The highest BCUT2D eigenvalue weighted by Gasteiger charge is 2.25. The average molecular weight is 415 g/mol. The van der Waals surface area contributed by atoms with Crippen molar-refractivity contribution >= 4 is 28.1 Å². The van der Waals surface area contributed by atoms with Crippen molar-refractivity contribution in [2.24, 2.45) is 5.92 Å². The van der Waals surface area contributed by atoms with Crippen LogP contribution in [0.4, 0.5) is 0 Å². The van der Waals surface area contributed by atoms with Crippen LogP contribution in [0.3, 0.4) is 0 Å². The van der Waals surface area contributed by atoms with Crippen molar-refractivity contribution in [2.45, 2.75) is 32.7 Å². The zero-order chi connectivity index (χ0) is 20.5. The third-order valence-electron chi connectivity index (χ3n) is 5.66. The van der Waals surface area contributed by atoms with Gasteiger partial charge in [0.15, 0.2) is 0 Å². The molecule has 1 aliphatic carbocycles. The maximum absolute atomic E-state index is 13.3. The first-order valence-electron chi connectivity index (χ1n) is 10.2. The largest absolute Gasteiger partial charge is 0.345 e. The second-order valence-corrected chi connectivity index (χ2v) is 8.76. The minimum Gasteiger partial charge on any atom is -0.345 e. The van der Waals surface area contributed by atoms with Crippen molar-refractivity contribution < 1.29 is 4.79 Å². The van der Waals surface area contributed by atoms with Gasteiger partial charge >= 0.3 is 0 Å². The number of aryl methyl sites for hydroxylation is 1. The van der Waals surface area contributed by atoms with Crippen LogP contribution in [0.5, 0.6) is 0 Å². The fourth-order valence-corrected chi connectivity index (χ4v) is 4.86. The minimum atomic E-state index is -0.0420. The van der Waals surface area contributed by atoms with Gasteiger partial charge in [-0.05, 0) is 48.9 Å². The molecule has 0 saturated carbocycles. The molecule has 150 valence electrons. The van der Waals surface area contributed by atoms with Gasteiger partial charge in [-0.15, -0.1) is 11.3 Å². The van der Waals surface area contributed by atoms with E-state index in [-0.39, 0.29) is 5.91 Å². The zero-order valence-electron chi connectivity index (χ0n) is 16.8. The Labute approximate surface area is 179 Å². The van der Waals surface area contributed by atoms with Crippen molar-refractivity contribution in [1.29, 1.82) is 0 Å². The number of fused-ring (bicyclic) bond motifs is 2. The second kappa shape index (κ2) is 7.95. The van der Waals surface area contributed by atoms with E-state index >= 15 is 0 Å². The summed E-state index contributed by atoms with van der Waals surface area (Å²) in [4.78, 5) is 26.9. The molecule has 1 amide bonds. The monoisotopic (exact) mass is 414 g/mol. The molecule has 0 fully saturated rings. The van der Waals surface area contributed by atoms with Crippen molar-refractivity contribution in [2.75, 3.05) is 0 Å². The predicted molar refractivity (Wildman–Crippen MR) is 119 cm³/mol. The Kier molecular flexibility index (Phi) is 5.01. The molecule has 1 N–H and O–H groups in total. The van der Waals surface area contributed by atoms with E-state index in [1.165, 1.54) is 0 Å². The van der Waals surface area contributed by atoms with E-state index in [1.54, 1.807) is 23.7 Å². The molecule has 5 nitrogen and oxygen atoms in total. The number of rotatable bonds is 4. The summed E-state index contributed by atoms with van der Waals surface area (Å²) in [6.07, 6.45) is 6.47. The number of pyridine rings is 2. The highest BCUT2D eigenvalue weighted by atomic mass is 32.1. The number of carbonyl (C=O) groups is 1. The molecule has 5 rings (SSSR count). The van der Waals surface area contributed by atoms with Gasteiger partial charge < -0.3 is 5.32 Å². The molecule has 30 heavy (non-hydrogen) atoms. The number of benzene rings is 1. The van der Waals surface area contributed by atoms with Crippen LogP contribution in [0.1, 0.15) is 40.0 Å². The summed E-state index contributed by atoms with van der Waals surface area (Å²) in [5, 5.41) is 6.94. The van der Waals surface area contributed by atoms with Crippen molar-refractivity contribution in [3.8, 4) is 11.3 Å². The number of amides is 1. The number of carbonyl (C=O) groups excluding carboxylic acids is 1. The highest BCUT2D eigenvalue weighted by molar-refractivity contribution is 7.09. The van der Waals surface area contributed by atoms with Gasteiger partial charge in [0.2, 0.25) is 0 Å². The summed E-state index contributed by atoms with van der Waals surface area (Å²) in [7, 11) is 0. The van der Waals surface area contributed by atoms with E-state index in [4.69, 9.17) is 4.98 Å². The molecular weight excluding hydrogens is 392 g/mol. The maximum atomic E-state index is 13.3. The zero-order valence-corrected chi connectivity index (χ0v) is 17.6. The Morgan fingerprint density at radius 2 is 2.00 bits per heavy atom. The average Bonchev–Trinajstić information content (AvgIpc) is 3.26. The summed E-state index contributed by atoms with van der Waals surface area (Å²) in [6.45, 7) is 2.66. The van der Waals surface area contributed by atoms with Gasteiger partial charge in [-0.1, -0.05) is 25.1 Å². The molecule has 0 bridgehead atoms. The molecule has 0 saturated heterocycles. The van der Waals surface area contributed by atoms with E-state index < -0.39 is 0 Å². The van der Waals surface area contributed by atoms with E-state index in [2.05, 4.69) is 22.2 Å². The Bertz CT molecular complexity index is 1220. The number of para-hydroxylation sites is 1. The molecule has 4 aromatic rings. The van der Waals surface area contributed by atoms with Crippen LogP contribution < -0.4 is 5.32 Å². The number of hydrogen-bond acceptors (Lipinski definition) is 5. The number of nitrogens with zero attached hydrogens (tertiary/aromatic N) is 3. The molecular formula is C24H22N4OS. The first kappa shape index (κ1) is 18.9. The molecule has 1 atom stereocenters. The first-order valence-corrected chi connectivity index (χ1v) is 11.1. The molecule has 3 heterocycles. The molecule has 1 aliphatic rings. The second-order valence-electron chi connectivity index (χ2n) is 7.82. The van der Waals surface area contributed by atoms with E-state index in [9.17, 15) is 4.79 Å². The maximum Gasteiger partial charge on any atom is 0.252 e. The third-order valence-corrected chi connectivity index (χ3v) is 6.51. The van der Waals surface area contributed by atoms with Crippen LogP contribution in [0, 0.1) is 5.92 Å². The van der Waals surface area contributed by atoms with Crippen molar-refractivity contribution in [3.63, 3.8) is 0 Å². The third kappa shape index (κ3) is 3.59. The molecule has 0 radical (unpaired) electrons. The highest BCUT2D eigenvalue weighted by Crippen LogP contribution is 2.31. The number of hydrogen-bond donors (Lipinski definition) is 1. The fourth-order valence-electron chi connectivity index (χ4n) is 4.11. The lowest BCUT2D eigenvalue weighted by Crippen LogP contribution is -2.27. The van der Waals surface area contributed by atoms with Gasteiger partial charge in [0.05, 0.1) is 23.3 Å². The molecule has 6 heteroatoms. The summed E-state index contributed by atoms with van der Waals surface area (Å²) >= 11 is 1.56. The molecule has 0 aliphatic heterocycles. The Morgan fingerprint density at radius 1 is 1.17 bits per heavy atom. The Morgan fingerprint density at radius 3 is 2.87 bits per heavy atom. The smallest absolute Gasteiger partial charge is 0.252 e. The van der Waals surface area contributed by atoms with Gasteiger partial charge in [0, 0.05) is 34.4 Å². The van der Waals surface area contributed by atoms with Crippen molar-refractivity contribution in [1.82, 2.24) is 20.3 Å². The van der Waals surface area contributed by atoms with E-state index in [0.29, 0.717) is 12.5 Å². The van der Waals surface area contributed by atoms with Crippen LogP contribution in [0.25, 0.3) is 22.2 Å². The minimum absolute atomic E-state index is 0.0420. The summed E-state index contributed by atoms with van der Waals surface area (Å²) in [5.41, 5.74) is 5.81. The Balaban J connectivity index is 1.43. The normalized spacial score (nSPS) is 15.7. The predicted octanol–water partition coefficient (Wildman–Crippen LogP) is 4.81.